The van der Waals surface area contributed by atoms with E-state index in [2.05, 4.69) is 12.1 Å². The molecule has 3 aliphatic carbocycles. The van der Waals surface area contributed by atoms with Gasteiger partial charge in [0.25, 0.3) is 0 Å². The highest BCUT2D eigenvalue weighted by molar-refractivity contribution is 6.31. The molecular formula is C16H15ClO. The van der Waals surface area contributed by atoms with Crippen molar-refractivity contribution >= 4 is 17.4 Å². The smallest absolute Gasteiger partial charge is 0.163 e. The zero-order valence-electron chi connectivity index (χ0n) is 10.2. The lowest BCUT2D eigenvalue weighted by Gasteiger charge is -2.41. The van der Waals surface area contributed by atoms with Crippen LogP contribution >= 0.6 is 11.6 Å². The molecule has 3 aliphatic rings. The highest BCUT2D eigenvalue weighted by Crippen LogP contribution is 2.58. The van der Waals surface area contributed by atoms with Crippen molar-refractivity contribution in [3.8, 4) is 0 Å². The summed E-state index contributed by atoms with van der Waals surface area (Å²) in [6, 6.07) is 5.93. The van der Waals surface area contributed by atoms with Crippen molar-refractivity contribution in [3.63, 3.8) is 0 Å². The Labute approximate surface area is 112 Å². The average molecular weight is 259 g/mol. The van der Waals surface area contributed by atoms with Gasteiger partial charge >= 0.3 is 0 Å². The van der Waals surface area contributed by atoms with E-state index < -0.39 is 0 Å². The van der Waals surface area contributed by atoms with Gasteiger partial charge in [0.15, 0.2) is 5.78 Å². The molecule has 1 spiro atoms. The zero-order valence-corrected chi connectivity index (χ0v) is 11.0. The monoisotopic (exact) mass is 258 g/mol. The quantitative estimate of drug-likeness (QED) is 0.635. The molecule has 4 rings (SSSR count). The van der Waals surface area contributed by atoms with Crippen LogP contribution in [0.1, 0.15) is 48.0 Å². The summed E-state index contributed by atoms with van der Waals surface area (Å²) >= 11 is 6.05. The molecule has 1 nitrogen and oxygen atoms in total. The number of hydrogen-bond donors (Lipinski definition) is 0. The van der Waals surface area contributed by atoms with Gasteiger partial charge in [-0.15, -0.1) is 0 Å². The average Bonchev–Trinajstić information content (AvgIpc) is 2.95. The maximum absolute atomic E-state index is 12.1. The minimum absolute atomic E-state index is 0.248. The van der Waals surface area contributed by atoms with Crippen LogP contribution in [0.4, 0.5) is 0 Å². The number of allylic oxidation sites excluding steroid dienone is 2. The summed E-state index contributed by atoms with van der Waals surface area (Å²) in [6.07, 6.45) is 7.74. The second-order valence-corrected chi connectivity index (χ2v) is 6.38. The van der Waals surface area contributed by atoms with Crippen LogP contribution in [0.2, 0.25) is 5.02 Å². The molecule has 2 unspecified atom stereocenters. The Hall–Kier alpha value is -1.08. The molecule has 92 valence electrons. The van der Waals surface area contributed by atoms with Crippen LogP contribution in [0.3, 0.4) is 0 Å². The Balaban J connectivity index is 1.92. The van der Waals surface area contributed by atoms with Gasteiger partial charge in [0.1, 0.15) is 0 Å². The molecule has 0 aromatic heterocycles. The van der Waals surface area contributed by atoms with E-state index in [1.807, 2.05) is 12.1 Å². The van der Waals surface area contributed by atoms with Gasteiger partial charge in [-0.2, -0.15) is 0 Å². The zero-order chi connectivity index (χ0) is 12.3. The van der Waals surface area contributed by atoms with Gasteiger partial charge in [0.2, 0.25) is 0 Å². The maximum Gasteiger partial charge on any atom is 0.163 e. The first-order valence-corrected chi connectivity index (χ1v) is 7.08. The van der Waals surface area contributed by atoms with E-state index in [9.17, 15) is 4.79 Å². The first-order chi connectivity index (χ1) is 8.69. The topological polar surface area (TPSA) is 17.1 Å². The molecule has 0 saturated heterocycles. The predicted octanol–water partition coefficient (Wildman–Crippen LogP) is 4.29. The van der Waals surface area contributed by atoms with Gasteiger partial charge in [0.05, 0.1) is 0 Å². The van der Waals surface area contributed by atoms with Crippen LogP contribution in [0.15, 0.2) is 29.8 Å². The van der Waals surface area contributed by atoms with E-state index in [0.29, 0.717) is 11.4 Å². The molecule has 18 heavy (non-hydrogen) atoms. The van der Waals surface area contributed by atoms with Crippen molar-refractivity contribution in [2.24, 2.45) is 5.92 Å². The number of rotatable bonds is 0. The molecule has 2 heteroatoms. The van der Waals surface area contributed by atoms with Crippen molar-refractivity contribution in [3.05, 3.63) is 46.0 Å². The normalized spacial score (nSPS) is 32.8. The molecule has 2 atom stereocenters. The summed E-state index contributed by atoms with van der Waals surface area (Å²) in [5.74, 6) is 0.996. The highest BCUT2D eigenvalue weighted by Gasteiger charge is 2.51. The van der Waals surface area contributed by atoms with E-state index in [0.717, 1.165) is 17.9 Å². The Morgan fingerprint density at radius 2 is 2.22 bits per heavy atom. The van der Waals surface area contributed by atoms with Crippen LogP contribution < -0.4 is 0 Å². The van der Waals surface area contributed by atoms with Crippen LogP contribution in [-0.4, -0.2) is 5.78 Å². The first-order valence-electron chi connectivity index (χ1n) is 6.70. The summed E-state index contributed by atoms with van der Waals surface area (Å²) in [5, 5.41) is 0.682. The number of benzene rings is 1. The second-order valence-electron chi connectivity index (χ2n) is 5.95. The predicted molar refractivity (Wildman–Crippen MR) is 72.1 cm³/mol. The van der Waals surface area contributed by atoms with Gasteiger partial charge in [-0.05, 0) is 49.3 Å². The molecular weight excluding hydrogens is 244 g/mol. The van der Waals surface area contributed by atoms with Crippen LogP contribution in [0.25, 0.3) is 0 Å². The maximum atomic E-state index is 12.1. The van der Waals surface area contributed by atoms with Gasteiger partial charge in [-0.1, -0.05) is 29.3 Å². The van der Waals surface area contributed by atoms with Crippen molar-refractivity contribution in [2.45, 2.75) is 37.5 Å². The van der Waals surface area contributed by atoms with Gasteiger partial charge < -0.3 is 0 Å². The van der Waals surface area contributed by atoms with E-state index in [-0.39, 0.29) is 11.2 Å². The van der Waals surface area contributed by atoms with E-state index in [1.54, 1.807) is 5.57 Å². The lowest BCUT2D eigenvalue weighted by atomic mass is 9.62. The number of Topliss-reactive ketones (excluding diaryl/α,β-unsaturated/α-hetero) is 1. The highest BCUT2D eigenvalue weighted by atomic mass is 35.5. The molecule has 0 radical (unpaired) electrons. The largest absolute Gasteiger partial charge is 0.294 e. The van der Waals surface area contributed by atoms with Crippen LogP contribution in [-0.2, 0) is 5.41 Å². The van der Waals surface area contributed by atoms with Crippen molar-refractivity contribution in [2.75, 3.05) is 0 Å². The molecule has 1 aromatic rings. The molecule has 1 saturated carbocycles. The Morgan fingerprint density at radius 1 is 1.33 bits per heavy atom. The molecule has 0 N–H and O–H groups in total. The summed E-state index contributed by atoms with van der Waals surface area (Å²) in [6.45, 7) is 0. The lowest BCUT2D eigenvalue weighted by molar-refractivity contribution is 0.0939. The fourth-order valence-corrected chi connectivity index (χ4v) is 4.47. The number of ketones is 1. The Kier molecular flexibility index (Phi) is 2.09. The number of fused-ring (bicyclic) bond motifs is 5. The van der Waals surface area contributed by atoms with Crippen molar-refractivity contribution in [1.29, 1.82) is 0 Å². The van der Waals surface area contributed by atoms with Crippen molar-refractivity contribution in [1.82, 2.24) is 0 Å². The Bertz CT molecular complexity index is 587. The Morgan fingerprint density at radius 3 is 2.94 bits per heavy atom. The van der Waals surface area contributed by atoms with Gasteiger partial charge in [-0.3, -0.25) is 4.79 Å². The molecule has 2 bridgehead atoms. The number of hydrogen-bond acceptors (Lipinski definition) is 1. The minimum Gasteiger partial charge on any atom is -0.294 e. The second kappa shape index (κ2) is 3.48. The third-order valence-electron chi connectivity index (χ3n) is 5.14. The molecule has 0 heterocycles. The summed E-state index contributed by atoms with van der Waals surface area (Å²) in [5.41, 5.74) is 4.02. The van der Waals surface area contributed by atoms with E-state index >= 15 is 0 Å². The summed E-state index contributed by atoms with van der Waals surface area (Å²) < 4.78 is 0. The number of carbonyl (C=O) groups excluding carboxylic acids is 1. The molecule has 1 fully saturated rings. The summed E-state index contributed by atoms with van der Waals surface area (Å²) in [7, 11) is 0. The molecule has 0 aliphatic heterocycles. The summed E-state index contributed by atoms with van der Waals surface area (Å²) in [4.78, 5) is 12.1. The lowest BCUT2D eigenvalue weighted by Crippen LogP contribution is -2.37. The number of halogens is 1. The SMILES string of the molecule is O=C1CCC2(CC3=CCC2C3)c2ccc(Cl)cc21. The standard InChI is InChI=1S/C16H15ClO/c17-12-3-4-14-13(8-12)15(18)5-6-16(14)9-10-1-2-11(16)7-10/h1,3-4,8,11H,2,5-7,9H2. The minimum atomic E-state index is 0.248. The van der Waals surface area contributed by atoms with E-state index in [4.69, 9.17) is 11.6 Å². The number of carbonyl (C=O) groups is 1. The van der Waals surface area contributed by atoms with Crippen molar-refractivity contribution < 1.29 is 4.79 Å². The van der Waals surface area contributed by atoms with Crippen LogP contribution in [0, 0.1) is 5.92 Å². The third-order valence-corrected chi connectivity index (χ3v) is 5.38. The fraction of sp³-hybridized carbons (Fsp3) is 0.438. The van der Waals surface area contributed by atoms with E-state index in [1.165, 1.54) is 24.8 Å². The van der Waals surface area contributed by atoms with Gasteiger partial charge in [0, 0.05) is 22.4 Å². The third kappa shape index (κ3) is 1.26. The van der Waals surface area contributed by atoms with Gasteiger partial charge in [-0.25, -0.2) is 0 Å². The molecule has 0 amide bonds. The molecule has 1 aromatic carbocycles. The van der Waals surface area contributed by atoms with Crippen LogP contribution in [0.5, 0.6) is 0 Å². The fourth-order valence-electron chi connectivity index (χ4n) is 4.30. The first kappa shape index (κ1) is 10.8.